The number of hydrogen-bond acceptors (Lipinski definition) is 8. The molecule has 10 heteroatoms. The van der Waals surface area contributed by atoms with Crippen LogP contribution < -0.4 is 5.32 Å². The van der Waals surface area contributed by atoms with Crippen molar-refractivity contribution in [2.24, 2.45) is 0 Å². The van der Waals surface area contributed by atoms with Gasteiger partial charge in [0.15, 0.2) is 6.23 Å². The number of aliphatic hydroxyl groups excluding tert-OH is 4. The molecular formula is C14H16N2O7S. The number of amides is 3. The summed E-state index contributed by atoms with van der Waals surface area (Å²) >= 11 is 1.37. The Morgan fingerprint density at radius 3 is 2.62 bits per heavy atom. The van der Waals surface area contributed by atoms with Crippen molar-refractivity contribution in [3.8, 4) is 0 Å². The summed E-state index contributed by atoms with van der Waals surface area (Å²) in [5, 5.41) is 43.0. The lowest BCUT2D eigenvalue weighted by molar-refractivity contribution is -0.253. The van der Waals surface area contributed by atoms with Crippen molar-refractivity contribution >= 4 is 29.4 Å². The molecule has 0 aliphatic carbocycles. The van der Waals surface area contributed by atoms with E-state index < -0.39 is 49.2 Å². The summed E-state index contributed by atoms with van der Waals surface area (Å²) in [5.74, 6) is -0.738. The normalized spacial score (nSPS) is 35.6. The molecule has 1 aromatic rings. The van der Waals surface area contributed by atoms with Gasteiger partial charge in [0.05, 0.1) is 6.61 Å². The third kappa shape index (κ3) is 2.83. The fourth-order valence-corrected chi connectivity index (χ4v) is 3.25. The van der Waals surface area contributed by atoms with Crippen LogP contribution in [-0.4, -0.2) is 74.5 Å². The second-order valence-electron chi connectivity index (χ2n) is 5.40. The Morgan fingerprint density at radius 1 is 1.25 bits per heavy atom. The van der Waals surface area contributed by atoms with E-state index in [9.17, 15) is 30.0 Å². The molecule has 0 aromatic carbocycles. The Hall–Kier alpha value is -1.82. The zero-order valence-electron chi connectivity index (χ0n) is 12.3. The topological polar surface area (TPSA) is 140 Å². The number of imide groups is 1. The Morgan fingerprint density at radius 2 is 2.00 bits per heavy atom. The lowest BCUT2D eigenvalue weighted by Crippen LogP contribution is -2.64. The summed E-state index contributed by atoms with van der Waals surface area (Å²) < 4.78 is 5.25. The third-order valence-corrected chi connectivity index (χ3v) is 4.68. The predicted molar refractivity (Wildman–Crippen MR) is 81.4 cm³/mol. The van der Waals surface area contributed by atoms with Crippen molar-refractivity contribution in [1.82, 2.24) is 10.2 Å². The molecule has 0 radical (unpaired) electrons. The first-order valence-corrected chi connectivity index (χ1v) is 8.02. The van der Waals surface area contributed by atoms with E-state index in [1.165, 1.54) is 17.4 Å². The maximum atomic E-state index is 12.5. The monoisotopic (exact) mass is 356 g/mol. The number of hydrogen-bond donors (Lipinski definition) is 5. The molecule has 5 N–H and O–H groups in total. The minimum absolute atomic E-state index is 0.000546. The quantitative estimate of drug-likeness (QED) is 0.326. The first-order chi connectivity index (χ1) is 11.4. The van der Waals surface area contributed by atoms with Gasteiger partial charge < -0.3 is 30.5 Å². The van der Waals surface area contributed by atoms with Gasteiger partial charge in [-0.15, -0.1) is 11.3 Å². The number of rotatable bonds is 3. The zero-order chi connectivity index (χ0) is 17.4. The first kappa shape index (κ1) is 17.0. The van der Waals surface area contributed by atoms with Crippen molar-refractivity contribution < 1.29 is 34.8 Å². The lowest BCUT2D eigenvalue weighted by atomic mass is 9.98. The zero-order valence-corrected chi connectivity index (χ0v) is 13.1. The predicted octanol–water partition coefficient (Wildman–Crippen LogP) is -1.56. The van der Waals surface area contributed by atoms with Gasteiger partial charge in [0.2, 0.25) is 0 Å². The molecule has 24 heavy (non-hydrogen) atoms. The number of thiophene rings is 1. The Bertz CT molecular complexity index is 660. The lowest BCUT2D eigenvalue weighted by Gasteiger charge is -2.42. The molecule has 0 saturated carbocycles. The third-order valence-electron chi connectivity index (χ3n) is 3.86. The van der Waals surface area contributed by atoms with Crippen molar-refractivity contribution in [2.45, 2.75) is 30.6 Å². The number of nitrogens with one attached hydrogen (secondary N) is 1. The molecule has 0 unspecified atom stereocenters. The number of ether oxygens (including phenoxy) is 1. The van der Waals surface area contributed by atoms with Gasteiger partial charge in [-0.1, -0.05) is 6.07 Å². The van der Waals surface area contributed by atoms with Crippen LogP contribution in [0, 0.1) is 0 Å². The van der Waals surface area contributed by atoms with Crippen LogP contribution in [0.15, 0.2) is 23.2 Å². The number of carbonyl (C=O) groups is 2. The standard InChI is InChI=1S/C14H16N2O7S/c17-5-8-9(18)10(19)11(20)13(23-8)16-12(21)7(15-14(16)22)4-6-2-1-3-24-6/h1-4,8-11,13,17-20H,5H2,(H,15,22)/t8-,9-,10+,11-,13-/m1/s1. The van der Waals surface area contributed by atoms with Crippen LogP contribution in [0.2, 0.25) is 0 Å². The van der Waals surface area contributed by atoms with Crippen LogP contribution >= 0.6 is 11.3 Å². The van der Waals surface area contributed by atoms with E-state index in [1.807, 2.05) is 5.38 Å². The van der Waals surface area contributed by atoms with Crippen molar-refractivity contribution in [3.63, 3.8) is 0 Å². The van der Waals surface area contributed by atoms with Crippen molar-refractivity contribution in [3.05, 3.63) is 28.1 Å². The van der Waals surface area contributed by atoms with Crippen LogP contribution in [0.5, 0.6) is 0 Å². The summed E-state index contributed by atoms with van der Waals surface area (Å²) in [6.07, 6.45) is -6.20. The molecule has 2 aliphatic rings. The second kappa shape index (κ2) is 6.59. The maximum Gasteiger partial charge on any atom is 0.331 e. The molecule has 2 fully saturated rings. The maximum absolute atomic E-state index is 12.5. The average Bonchev–Trinajstić information content (AvgIpc) is 3.16. The highest BCUT2D eigenvalue weighted by Gasteiger charge is 2.51. The minimum atomic E-state index is -1.71. The molecule has 0 spiro atoms. The summed E-state index contributed by atoms with van der Waals surface area (Å²) in [7, 11) is 0. The average molecular weight is 356 g/mol. The Labute approximate surface area is 140 Å². The van der Waals surface area contributed by atoms with E-state index in [4.69, 9.17) is 4.74 Å². The molecular weight excluding hydrogens is 340 g/mol. The van der Waals surface area contributed by atoms with E-state index in [2.05, 4.69) is 5.32 Å². The van der Waals surface area contributed by atoms with Gasteiger partial charge in [-0.2, -0.15) is 0 Å². The molecule has 5 atom stereocenters. The summed E-state index contributed by atoms with van der Waals surface area (Å²) in [5.41, 5.74) is -0.000546. The van der Waals surface area contributed by atoms with E-state index >= 15 is 0 Å². The molecule has 130 valence electrons. The Kier molecular flexibility index (Phi) is 4.67. The second-order valence-corrected chi connectivity index (χ2v) is 6.38. The highest BCUT2D eigenvalue weighted by molar-refractivity contribution is 7.10. The van der Waals surface area contributed by atoms with Crippen LogP contribution in [0.4, 0.5) is 4.79 Å². The largest absolute Gasteiger partial charge is 0.394 e. The summed E-state index contributed by atoms with van der Waals surface area (Å²) in [6.45, 7) is -0.650. The van der Waals surface area contributed by atoms with E-state index in [0.29, 0.717) is 4.90 Å². The fraction of sp³-hybridized carbons (Fsp3) is 0.429. The van der Waals surface area contributed by atoms with Crippen LogP contribution in [-0.2, 0) is 9.53 Å². The summed E-state index contributed by atoms with van der Waals surface area (Å²) in [6, 6.07) is 2.72. The van der Waals surface area contributed by atoms with Gasteiger partial charge in [0, 0.05) is 4.88 Å². The van der Waals surface area contributed by atoms with E-state index in [1.54, 1.807) is 12.1 Å². The van der Waals surface area contributed by atoms with E-state index in [-0.39, 0.29) is 5.70 Å². The van der Waals surface area contributed by atoms with Crippen molar-refractivity contribution in [1.29, 1.82) is 0 Å². The molecule has 9 nitrogen and oxygen atoms in total. The minimum Gasteiger partial charge on any atom is -0.394 e. The molecule has 3 amide bonds. The molecule has 0 bridgehead atoms. The van der Waals surface area contributed by atoms with Crippen molar-refractivity contribution in [2.75, 3.05) is 6.61 Å². The van der Waals surface area contributed by atoms with Gasteiger partial charge in [-0.3, -0.25) is 4.79 Å². The molecule has 3 heterocycles. The van der Waals surface area contributed by atoms with Gasteiger partial charge in [0.1, 0.15) is 30.1 Å². The highest BCUT2D eigenvalue weighted by atomic mass is 32.1. The van der Waals surface area contributed by atoms with Crippen LogP contribution in [0.25, 0.3) is 6.08 Å². The smallest absolute Gasteiger partial charge is 0.331 e. The van der Waals surface area contributed by atoms with E-state index in [0.717, 1.165) is 4.88 Å². The van der Waals surface area contributed by atoms with Gasteiger partial charge >= 0.3 is 6.03 Å². The first-order valence-electron chi connectivity index (χ1n) is 7.14. The molecule has 2 aliphatic heterocycles. The van der Waals surface area contributed by atoms with Gasteiger partial charge in [0.25, 0.3) is 5.91 Å². The number of carbonyl (C=O) groups excluding carboxylic acids is 2. The number of nitrogens with zero attached hydrogens (tertiary/aromatic N) is 1. The molecule has 1 aromatic heterocycles. The van der Waals surface area contributed by atoms with Gasteiger partial charge in [-0.05, 0) is 17.5 Å². The molecule has 2 saturated heterocycles. The summed E-state index contributed by atoms with van der Waals surface area (Å²) in [4.78, 5) is 25.9. The highest BCUT2D eigenvalue weighted by Crippen LogP contribution is 2.27. The fourth-order valence-electron chi connectivity index (χ4n) is 2.59. The number of urea groups is 1. The number of aliphatic hydroxyl groups is 4. The van der Waals surface area contributed by atoms with Crippen LogP contribution in [0.1, 0.15) is 4.88 Å². The Balaban J connectivity index is 1.86. The van der Waals surface area contributed by atoms with Crippen LogP contribution in [0.3, 0.4) is 0 Å². The van der Waals surface area contributed by atoms with Gasteiger partial charge in [-0.25, -0.2) is 9.69 Å². The SMILES string of the molecule is O=C1NC(=Cc2cccs2)C(=O)N1[C@@H]1O[C@H](CO)[C@@H](O)[C@H](O)[C@H]1O. The molecule has 3 rings (SSSR count).